The number of methoxy groups -OCH3 is 1. The second-order valence-electron chi connectivity index (χ2n) is 7.51. The fourth-order valence-corrected chi connectivity index (χ4v) is 3.65. The van der Waals surface area contributed by atoms with E-state index in [1.54, 1.807) is 7.11 Å². The van der Waals surface area contributed by atoms with Gasteiger partial charge in [0.1, 0.15) is 18.2 Å². The summed E-state index contributed by atoms with van der Waals surface area (Å²) in [6.07, 6.45) is 0.870. The minimum absolute atomic E-state index is 0.368. The number of imidazole rings is 1. The lowest BCUT2D eigenvalue weighted by molar-refractivity contribution is 0.267. The second kappa shape index (κ2) is 9.56. The van der Waals surface area contributed by atoms with Gasteiger partial charge in [0.2, 0.25) is 0 Å². The van der Waals surface area contributed by atoms with Gasteiger partial charge in [-0.1, -0.05) is 36.4 Å². The fourth-order valence-electron chi connectivity index (χ4n) is 3.65. The molecule has 0 saturated carbocycles. The van der Waals surface area contributed by atoms with Gasteiger partial charge in [-0.3, -0.25) is 0 Å². The number of hydrogen-bond acceptors (Lipinski definition) is 4. The van der Waals surface area contributed by atoms with Crippen molar-refractivity contribution in [3.63, 3.8) is 0 Å². The summed E-state index contributed by atoms with van der Waals surface area (Å²) in [4.78, 5) is 4.80. The highest BCUT2D eigenvalue weighted by atomic mass is 16.5. The Morgan fingerprint density at radius 1 is 0.806 bits per heavy atom. The molecule has 1 heterocycles. The number of nitrogens with zero attached hydrogens (tertiary/aromatic N) is 2. The quantitative estimate of drug-likeness (QED) is 0.328. The van der Waals surface area contributed by atoms with Crippen molar-refractivity contribution >= 4 is 11.0 Å². The fraction of sp³-hybridized carbons (Fsp3) is 0.269. The lowest BCUT2D eigenvalue weighted by Gasteiger charge is -2.14. The first kappa shape index (κ1) is 20.8. The molecular weight excluding hydrogens is 388 g/mol. The molecule has 0 atom stereocenters. The van der Waals surface area contributed by atoms with Crippen molar-refractivity contribution in [1.29, 1.82) is 0 Å². The zero-order chi connectivity index (χ0) is 21.6. The largest absolute Gasteiger partial charge is 0.493 e. The van der Waals surface area contributed by atoms with E-state index in [2.05, 4.69) is 30.5 Å². The zero-order valence-electron chi connectivity index (χ0n) is 18.3. The molecule has 0 aliphatic heterocycles. The summed E-state index contributed by atoms with van der Waals surface area (Å²) >= 11 is 0. The predicted octanol–water partition coefficient (Wildman–Crippen LogP) is 5.71. The van der Waals surface area contributed by atoms with E-state index in [1.165, 1.54) is 11.1 Å². The molecule has 0 spiro atoms. The van der Waals surface area contributed by atoms with Crippen molar-refractivity contribution in [2.45, 2.75) is 33.4 Å². The van der Waals surface area contributed by atoms with Crippen LogP contribution in [0.1, 0.15) is 23.4 Å². The SMILES string of the molecule is COc1ccccc1OCc1nc2ccccc2n1CCCOc1cccc(C)c1C. The van der Waals surface area contributed by atoms with E-state index in [0.29, 0.717) is 24.7 Å². The minimum Gasteiger partial charge on any atom is -0.493 e. The first-order chi connectivity index (χ1) is 15.2. The molecule has 0 bridgehead atoms. The van der Waals surface area contributed by atoms with E-state index in [-0.39, 0.29) is 0 Å². The lowest BCUT2D eigenvalue weighted by atomic mass is 10.1. The van der Waals surface area contributed by atoms with Crippen LogP contribution in [0.25, 0.3) is 11.0 Å². The van der Waals surface area contributed by atoms with Crippen molar-refractivity contribution in [2.24, 2.45) is 0 Å². The van der Waals surface area contributed by atoms with Crippen molar-refractivity contribution in [2.75, 3.05) is 13.7 Å². The average molecular weight is 417 g/mol. The van der Waals surface area contributed by atoms with Gasteiger partial charge in [-0.15, -0.1) is 0 Å². The standard InChI is InChI=1S/C26H28N2O3/c1-19-10-8-15-23(20(19)2)30-17-9-16-28-22-12-5-4-11-21(22)27-26(28)18-31-25-14-7-6-13-24(25)29-3/h4-8,10-15H,9,16-18H2,1-3H3. The van der Waals surface area contributed by atoms with Crippen LogP contribution in [0.15, 0.2) is 66.7 Å². The molecule has 0 unspecified atom stereocenters. The van der Waals surface area contributed by atoms with Crippen LogP contribution in [0.4, 0.5) is 0 Å². The Labute approximate surface area is 183 Å². The van der Waals surface area contributed by atoms with Gasteiger partial charge in [0.15, 0.2) is 11.5 Å². The van der Waals surface area contributed by atoms with E-state index < -0.39 is 0 Å². The van der Waals surface area contributed by atoms with Gasteiger partial charge in [-0.05, 0) is 61.7 Å². The van der Waals surface area contributed by atoms with Gasteiger partial charge < -0.3 is 18.8 Å². The van der Waals surface area contributed by atoms with Gasteiger partial charge >= 0.3 is 0 Å². The summed E-state index contributed by atoms with van der Waals surface area (Å²) in [5.74, 6) is 3.27. The number of para-hydroxylation sites is 4. The van der Waals surface area contributed by atoms with E-state index in [4.69, 9.17) is 19.2 Å². The van der Waals surface area contributed by atoms with E-state index in [9.17, 15) is 0 Å². The Hall–Kier alpha value is -3.47. The summed E-state index contributed by atoms with van der Waals surface area (Å²) in [6.45, 7) is 6.02. The number of rotatable bonds is 9. The first-order valence-corrected chi connectivity index (χ1v) is 10.6. The Morgan fingerprint density at radius 3 is 2.39 bits per heavy atom. The second-order valence-corrected chi connectivity index (χ2v) is 7.51. The Kier molecular flexibility index (Phi) is 6.41. The molecule has 4 aromatic rings. The molecule has 0 radical (unpaired) electrons. The molecule has 0 saturated heterocycles. The molecular formula is C26H28N2O3. The van der Waals surface area contributed by atoms with E-state index >= 15 is 0 Å². The summed E-state index contributed by atoms with van der Waals surface area (Å²) in [7, 11) is 1.65. The third-order valence-corrected chi connectivity index (χ3v) is 5.50. The van der Waals surface area contributed by atoms with Crippen molar-refractivity contribution < 1.29 is 14.2 Å². The monoisotopic (exact) mass is 416 g/mol. The van der Waals surface area contributed by atoms with Crippen LogP contribution in [-0.2, 0) is 13.2 Å². The molecule has 0 aliphatic carbocycles. The van der Waals surface area contributed by atoms with Gasteiger partial charge in [0.05, 0.1) is 24.8 Å². The predicted molar refractivity (Wildman–Crippen MR) is 123 cm³/mol. The molecule has 0 N–H and O–H groups in total. The third-order valence-electron chi connectivity index (χ3n) is 5.50. The van der Waals surface area contributed by atoms with Crippen LogP contribution in [0.3, 0.4) is 0 Å². The van der Waals surface area contributed by atoms with Crippen LogP contribution in [0, 0.1) is 13.8 Å². The van der Waals surface area contributed by atoms with Crippen LogP contribution in [-0.4, -0.2) is 23.3 Å². The molecule has 0 fully saturated rings. The zero-order valence-corrected chi connectivity index (χ0v) is 18.3. The molecule has 5 nitrogen and oxygen atoms in total. The highest BCUT2D eigenvalue weighted by Gasteiger charge is 2.12. The molecule has 31 heavy (non-hydrogen) atoms. The van der Waals surface area contributed by atoms with Gasteiger partial charge in [0, 0.05) is 6.54 Å². The maximum absolute atomic E-state index is 6.05. The number of ether oxygens (including phenoxy) is 3. The summed E-state index contributed by atoms with van der Waals surface area (Å²) in [5, 5.41) is 0. The lowest BCUT2D eigenvalue weighted by Crippen LogP contribution is -2.10. The maximum atomic E-state index is 6.05. The summed E-state index contributed by atoms with van der Waals surface area (Å²) < 4.78 is 19.7. The average Bonchev–Trinajstić information content (AvgIpc) is 3.15. The Balaban J connectivity index is 1.47. The highest BCUT2D eigenvalue weighted by Crippen LogP contribution is 2.27. The maximum Gasteiger partial charge on any atom is 0.161 e. The molecule has 160 valence electrons. The van der Waals surface area contributed by atoms with E-state index in [1.807, 2.05) is 54.6 Å². The molecule has 3 aromatic carbocycles. The summed E-state index contributed by atoms with van der Waals surface area (Å²) in [6, 6.07) is 22.0. The number of hydrogen-bond donors (Lipinski definition) is 0. The number of aromatic nitrogens is 2. The smallest absolute Gasteiger partial charge is 0.161 e. The van der Waals surface area contributed by atoms with Gasteiger partial charge in [-0.2, -0.15) is 0 Å². The number of benzene rings is 3. The van der Waals surface area contributed by atoms with Gasteiger partial charge in [-0.25, -0.2) is 4.98 Å². The normalized spacial score (nSPS) is 10.9. The van der Waals surface area contributed by atoms with Crippen molar-refractivity contribution in [3.05, 3.63) is 83.7 Å². The Bertz CT molecular complexity index is 1170. The molecule has 0 aliphatic rings. The van der Waals surface area contributed by atoms with Crippen LogP contribution >= 0.6 is 0 Å². The number of aryl methyl sites for hydroxylation is 2. The topological polar surface area (TPSA) is 45.5 Å². The van der Waals surface area contributed by atoms with Gasteiger partial charge in [0.25, 0.3) is 0 Å². The van der Waals surface area contributed by atoms with Crippen LogP contribution in [0.5, 0.6) is 17.2 Å². The van der Waals surface area contributed by atoms with Crippen LogP contribution in [0.2, 0.25) is 0 Å². The first-order valence-electron chi connectivity index (χ1n) is 10.6. The van der Waals surface area contributed by atoms with Crippen molar-refractivity contribution in [3.8, 4) is 17.2 Å². The molecule has 0 amide bonds. The molecule has 4 rings (SSSR count). The summed E-state index contributed by atoms with van der Waals surface area (Å²) in [5.41, 5.74) is 4.51. The number of fused-ring (bicyclic) bond motifs is 1. The highest BCUT2D eigenvalue weighted by molar-refractivity contribution is 5.75. The Morgan fingerprint density at radius 2 is 1.55 bits per heavy atom. The van der Waals surface area contributed by atoms with Crippen molar-refractivity contribution in [1.82, 2.24) is 9.55 Å². The van der Waals surface area contributed by atoms with Crippen LogP contribution < -0.4 is 14.2 Å². The molecule has 5 heteroatoms. The van der Waals surface area contributed by atoms with E-state index in [0.717, 1.165) is 35.6 Å². The molecule has 1 aromatic heterocycles. The minimum atomic E-state index is 0.368. The third kappa shape index (κ3) is 4.66.